The summed E-state index contributed by atoms with van der Waals surface area (Å²) in [5.41, 5.74) is 5.29. The Labute approximate surface area is 179 Å². The second kappa shape index (κ2) is 10.4. The highest BCUT2D eigenvalue weighted by Gasteiger charge is 2.24. The van der Waals surface area contributed by atoms with Crippen LogP contribution in [-0.4, -0.2) is 42.5 Å². The monoisotopic (exact) mass is 408 g/mol. The Kier molecular flexibility index (Phi) is 7.63. The average Bonchev–Trinajstić information content (AvgIpc) is 3.22. The smallest absolute Gasteiger partial charge is 0.244 e. The number of rotatable bonds is 8. The fraction of sp³-hybridized carbons (Fsp3) is 0.440. The molecule has 0 aromatic heterocycles. The maximum absolute atomic E-state index is 13.0. The number of benzene rings is 2. The van der Waals surface area contributed by atoms with Crippen molar-refractivity contribution >= 4 is 17.5 Å². The molecular weight excluding hydrogens is 376 g/mol. The summed E-state index contributed by atoms with van der Waals surface area (Å²) in [7, 11) is 0. The van der Waals surface area contributed by atoms with Crippen LogP contribution in [0.1, 0.15) is 41.5 Å². The summed E-state index contributed by atoms with van der Waals surface area (Å²) in [4.78, 5) is 27.4. The highest BCUT2D eigenvalue weighted by Crippen LogP contribution is 2.19. The van der Waals surface area contributed by atoms with Crippen molar-refractivity contribution in [2.24, 2.45) is 0 Å². The zero-order valence-corrected chi connectivity index (χ0v) is 18.2. The van der Waals surface area contributed by atoms with Gasteiger partial charge in [0.25, 0.3) is 0 Å². The molecule has 2 aromatic carbocycles. The van der Waals surface area contributed by atoms with Crippen LogP contribution in [0.15, 0.2) is 42.5 Å². The Morgan fingerprint density at radius 1 is 1.13 bits per heavy atom. The van der Waals surface area contributed by atoms with E-state index in [1.54, 1.807) is 4.90 Å². The largest absolute Gasteiger partial charge is 0.376 e. The topological polar surface area (TPSA) is 58.6 Å². The van der Waals surface area contributed by atoms with Crippen LogP contribution in [0.25, 0.3) is 0 Å². The van der Waals surface area contributed by atoms with Crippen LogP contribution in [0, 0.1) is 20.8 Å². The third kappa shape index (κ3) is 6.17. The van der Waals surface area contributed by atoms with Crippen LogP contribution < -0.4 is 5.32 Å². The van der Waals surface area contributed by atoms with Crippen LogP contribution in [0.5, 0.6) is 0 Å². The van der Waals surface area contributed by atoms with Gasteiger partial charge in [-0.25, -0.2) is 0 Å². The molecular formula is C25H32N2O3. The lowest BCUT2D eigenvalue weighted by Gasteiger charge is -2.25. The molecule has 0 aliphatic carbocycles. The molecule has 1 N–H and O–H groups in total. The fourth-order valence-electron chi connectivity index (χ4n) is 3.82. The Bertz CT molecular complexity index is 888. The second-order valence-electron chi connectivity index (χ2n) is 8.19. The van der Waals surface area contributed by atoms with Crippen LogP contribution in [0.4, 0.5) is 5.69 Å². The zero-order valence-electron chi connectivity index (χ0n) is 18.2. The molecule has 1 unspecified atom stereocenters. The van der Waals surface area contributed by atoms with Crippen molar-refractivity contribution in [3.8, 4) is 0 Å². The normalized spacial score (nSPS) is 15.8. The van der Waals surface area contributed by atoms with Crippen molar-refractivity contribution in [3.63, 3.8) is 0 Å². The van der Waals surface area contributed by atoms with Gasteiger partial charge in [-0.1, -0.05) is 42.0 Å². The van der Waals surface area contributed by atoms with Gasteiger partial charge in [-0.15, -0.1) is 0 Å². The summed E-state index contributed by atoms with van der Waals surface area (Å²) in [5.74, 6) is -0.186. The van der Waals surface area contributed by atoms with E-state index in [0.29, 0.717) is 19.4 Å². The molecule has 1 fully saturated rings. The molecule has 0 bridgehead atoms. The summed E-state index contributed by atoms with van der Waals surface area (Å²) in [6.07, 6.45) is 3.00. The van der Waals surface area contributed by atoms with E-state index < -0.39 is 0 Å². The fourth-order valence-corrected chi connectivity index (χ4v) is 3.82. The first-order valence-corrected chi connectivity index (χ1v) is 10.7. The molecule has 3 rings (SSSR count). The van der Waals surface area contributed by atoms with Gasteiger partial charge in [-0.2, -0.15) is 0 Å². The van der Waals surface area contributed by atoms with Crippen molar-refractivity contribution in [1.82, 2.24) is 4.90 Å². The first-order chi connectivity index (χ1) is 14.4. The lowest BCUT2D eigenvalue weighted by Crippen LogP contribution is -2.42. The van der Waals surface area contributed by atoms with E-state index in [2.05, 4.69) is 11.4 Å². The van der Waals surface area contributed by atoms with Gasteiger partial charge < -0.3 is 15.0 Å². The number of nitrogens with one attached hydrogen (secondary N) is 1. The standard InChI is InChI=1S/C25H32N2O3/c1-18-7-4-9-21(15-18)12-13-25(29)27(16-22-10-6-14-30-22)17-24(28)26-23-11-5-8-19(2)20(23)3/h4-5,7-9,11,15,22H,6,10,12-14,16-17H2,1-3H3,(H,26,28). The molecule has 0 spiro atoms. The third-order valence-electron chi connectivity index (χ3n) is 5.72. The number of hydrogen-bond donors (Lipinski definition) is 1. The quantitative estimate of drug-likeness (QED) is 0.712. The van der Waals surface area contributed by atoms with E-state index in [1.165, 1.54) is 5.56 Å². The number of aryl methyl sites for hydroxylation is 3. The van der Waals surface area contributed by atoms with Gasteiger partial charge in [-0.05, 0) is 62.8 Å². The lowest BCUT2D eigenvalue weighted by molar-refractivity contribution is -0.136. The van der Waals surface area contributed by atoms with Crippen molar-refractivity contribution < 1.29 is 14.3 Å². The van der Waals surface area contributed by atoms with Crippen LogP contribution in [0.3, 0.4) is 0 Å². The summed E-state index contributed by atoms with van der Waals surface area (Å²) in [5, 5.41) is 2.97. The maximum atomic E-state index is 13.0. The van der Waals surface area contributed by atoms with Gasteiger partial charge >= 0.3 is 0 Å². The molecule has 1 aliphatic rings. The average molecular weight is 409 g/mol. The first kappa shape index (κ1) is 22.0. The Balaban J connectivity index is 1.64. The SMILES string of the molecule is Cc1cccc(CCC(=O)N(CC(=O)Nc2cccc(C)c2C)CC2CCCO2)c1. The minimum atomic E-state index is -0.175. The van der Waals surface area contributed by atoms with Crippen molar-refractivity contribution in [2.75, 3.05) is 25.0 Å². The number of hydrogen-bond acceptors (Lipinski definition) is 3. The number of carbonyl (C=O) groups excluding carboxylic acids is 2. The maximum Gasteiger partial charge on any atom is 0.244 e. The van der Waals surface area contributed by atoms with Crippen molar-refractivity contribution in [2.45, 2.75) is 52.6 Å². The van der Waals surface area contributed by atoms with E-state index in [4.69, 9.17) is 4.74 Å². The number of amides is 2. The van der Waals surface area contributed by atoms with E-state index in [0.717, 1.165) is 41.8 Å². The highest BCUT2D eigenvalue weighted by atomic mass is 16.5. The van der Waals surface area contributed by atoms with Crippen LogP contribution >= 0.6 is 0 Å². The zero-order chi connectivity index (χ0) is 21.5. The van der Waals surface area contributed by atoms with Gasteiger partial charge in [-0.3, -0.25) is 9.59 Å². The molecule has 30 heavy (non-hydrogen) atoms. The minimum absolute atomic E-state index is 0.0110. The van der Waals surface area contributed by atoms with Crippen molar-refractivity contribution in [3.05, 3.63) is 64.7 Å². The van der Waals surface area contributed by atoms with E-state index in [1.807, 2.05) is 57.2 Å². The molecule has 2 aromatic rings. The Morgan fingerprint density at radius 3 is 2.67 bits per heavy atom. The number of carbonyl (C=O) groups is 2. The molecule has 1 heterocycles. The Hall–Kier alpha value is -2.66. The predicted octanol–water partition coefficient (Wildman–Crippen LogP) is 4.19. The summed E-state index contributed by atoms with van der Waals surface area (Å²) >= 11 is 0. The van der Waals surface area contributed by atoms with Gasteiger partial charge in [0, 0.05) is 25.3 Å². The van der Waals surface area contributed by atoms with Gasteiger partial charge in [0.15, 0.2) is 0 Å². The van der Waals surface area contributed by atoms with Gasteiger partial charge in [0.1, 0.15) is 0 Å². The minimum Gasteiger partial charge on any atom is -0.376 e. The molecule has 5 nitrogen and oxygen atoms in total. The number of anilines is 1. The molecule has 160 valence electrons. The first-order valence-electron chi connectivity index (χ1n) is 10.7. The molecule has 1 atom stereocenters. The van der Waals surface area contributed by atoms with E-state index in [9.17, 15) is 9.59 Å². The summed E-state index contributed by atoms with van der Waals surface area (Å²) in [6, 6.07) is 14.0. The number of ether oxygens (including phenoxy) is 1. The highest BCUT2D eigenvalue weighted by molar-refractivity contribution is 5.95. The summed E-state index contributed by atoms with van der Waals surface area (Å²) < 4.78 is 5.72. The van der Waals surface area contributed by atoms with Gasteiger partial charge in [0.2, 0.25) is 11.8 Å². The van der Waals surface area contributed by atoms with Gasteiger partial charge in [0.05, 0.1) is 12.6 Å². The molecule has 2 amide bonds. The van der Waals surface area contributed by atoms with Crippen LogP contribution in [0.2, 0.25) is 0 Å². The molecule has 5 heteroatoms. The molecule has 1 saturated heterocycles. The second-order valence-corrected chi connectivity index (χ2v) is 8.19. The lowest BCUT2D eigenvalue weighted by atomic mass is 10.1. The van der Waals surface area contributed by atoms with E-state index in [-0.39, 0.29) is 24.5 Å². The van der Waals surface area contributed by atoms with Crippen LogP contribution in [-0.2, 0) is 20.7 Å². The molecule has 0 saturated carbocycles. The predicted molar refractivity (Wildman–Crippen MR) is 120 cm³/mol. The molecule has 1 aliphatic heterocycles. The van der Waals surface area contributed by atoms with E-state index >= 15 is 0 Å². The third-order valence-corrected chi connectivity index (χ3v) is 5.72. The van der Waals surface area contributed by atoms with Crippen molar-refractivity contribution in [1.29, 1.82) is 0 Å². The summed E-state index contributed by atoms with van der Waals surface area (Å²) in [6.45, 7) is 7.29. The molecule has 0 radical (unpaired) electrons. The Morgan fingerprint density at radius 2 is 1.93 bits per heavy atom. The number of nitrogens with zero attached hydrogens (tertiary/aromatic N) is 1.